The minimum Gasteiger partial charge on any atom is -0.206 e. The Morgan fingerprint density at radius 3 is 2.62 bits per heavy atom. The van der Waals surface area contributed by atoms with Crippen LogP contribution in [-0.4, -0.2) is 0 Å². The molecule has 0 heterocycles. The van der Waals surface area contributed by atoms with Crippen molar-refractivity contribution in [2.24, 2.45) is 17.8 Å². The lowest BCUT2D eigenvalue weighted by Gasteiger charge is -2.42. The van der Waals surface area contributed by atoms with Gasteiger partial charge in [-0.1, -0.05) is 49.9 Å². The Kier molecular flexibility index (Phi) is 5.23. The normalized spacial score (nSPS) is 28.9. The standard InChI is InChI=1S/C23H27ClF2/c1-2-4-14-7-8-16-12-17(10-9-15(16)11-14)19-13-18-5-3-6-20(25)21(18)23(26)22(19)24/h3,5-6,13-17H,2,4,7-12H2,1H3/t14-,15?,16-,17?/m1/s1. The van der Waals surface area contributed by atoms with Gasteiger partial charge in [-0.05, 0) is 78.9 Å². The Balaban J connectivity index is 1.59. The van der Waals surface area contributed by atoms with Crippen LogP contribution in [0.1, 0.15) is 69.8 Å². The summed E-state index contributed by atoms with van der Waals surface area (Å²) in [5, 5.41) is 0.774. The van der Waals surface area contributed by atoms with Crippen LogP contribution < -0.4 is 0 Å². The molecule has 0 aliphatic heterocycles. The van der Waals surface area contributed by atoms with Crippen molar-refractivity contribution in [3.8, 4) is 0 Å². The van der Waals surface area contributed by atoms with Crippen LogP contribution in [-0.2, 0) is 0 Å². The molecule has 2 aliphatic rings. The summed E-state index contributed by atoms with van der Waals surface area (Å²) in [7, 11) is 0. The van der Waals surface area contributed by atoms with E-state index in [4.69, 9.17) is 11.6 Å². The van der Waals surface area contributed by atoms with E-state index >= 15 is 0 Å². The number of hydrogen-bond donors (Lipinski definition) is 0. The molecule has 4 atom stereocenters. The Bertz CT molecular complexity index is 800. The minimum atomic E-state index is -0.592. The van der Waals surface area contributed by atoms with E-state index in [9.17, 15) is 8.78 Å². The monoisotopic (exact) mass is 376 g/mol. The predicted molar refractivity (Wildman–Crippen MR) is 105 cm³/mol. The smallest absolute Gasteiger partial charge is 0.152 e. The van der Waals surface area contributed by atoms with Crippen LogP contribution >= 0.6 is 11.6 Å². The largest absolute Gasteiger partial charge is 0.206 e. The van der Waals surface area contributed by atoms with E-state index in [0.29, 0.717) is 11.3 Å². The molecule has 3 heteroatoms. The molecule has 0 nitrogen and oxygen atoms in total. The first kappa shape index (κ1) is 18.2. The van der Waals surface area contributed by atoms with Gasteiger partial charge in [0.05, 0.1) is 10.4 Å². The van der Waals surface area contributed by atoms with Gasteiger partial charge in [-0.25, -0.2) is 8.78 Å². The zero-order chi connectivity index (χ0) is 18.3. The number of hydrogen-bond acceptors (Lipinski definition) is 0. The second-order valence-electron chi connectivity index (χ2n) is 8.43. The van der Waals surface area contributed by atoms with Crippen LogP contribution in [0, 0.1) is 29.4 Å². The summed E-state index contributed by atoms with van der Waals surface area (Å²) in [4.78, 5) is 0. The van der Waals surface area contributed by atoms with Crippen molar-refractivity contribution in [2.75, 3.05) is 0 Å². The first-order chi connectivity index (χ1) is 12.6. The molecule has 0 amide bonds. The summed E-state index contributed by atoms with van der Waals surface area (Å²) in [5.74, 6) is 1.65. The molecule has 2 aliphatic carbocycles. The van der Waals surface area contributed by atoms with Gasteiger partial charge >= 0.3 is 0 Å². The topological polar surface area (TPSA) is 0 Å². The van der Waals surface area contributed by atoms with Gasteiger partial charge in [0.25, 0.3) is 0 Å². The molecule has 2 aromatic carbocycles. The summed E-state index contributed by atoms with van der Waals surface area (Å²) in [6.07, 6.45) is 10.0. The first-order valence-corrected chi connectivity index (χ1v) is 10.5. The quantitative estimate of drug-likeness (QED) is 0.511. The fourth-order valence-corrected chi connectivity index (χ4v) is 5.90. The van der Waals surface area contributed by atoms with Crippen LogP contribution in [0.2, 0.25) is 5.02 Å². The van der Waals surface area contributed by atoms with Crippen LogP contribution in [0.5, 0.6) is 0 Å². The molecule has 2 fully saturated rings. The second-order valence-corrected chi connectivity index (χ2v) is 8.81. The molecule has 0 aromatic heterocycles. The SMILES string of the molecule is CCC[C@@H]1CC[C@@H]2CC(c3cc4cccc(F)c4c(F)c3Cl)CCC2C1. The van der Waals surface area contributed by atoms with Crippen LogP contribution in [0.3, 0.4) is 0 Å². The minimum absolute atomic E-state index is 0.0232. The van der Waals surface area contributed by atoms with Crippen molar-refractivity contribution in [2.45, 2.75) is 64.2 Å². The lowest BCUT2D eigenvalue weighted by atomic mass is 9.63. The number of fused-ring (bicyclic) bond motifs is 2. The van der Waals surface area contributed by atoms with Crippen molar-refractivity contribution >= 4 is 22.4 Å². The van der Waals surface area contributed by atoms with E-state index < -0.39 is 11.6 Å². The summed E-state index contributed by atoms with van der Waals surface area (Å²) < 4.78 is 28.8. The van der Waals surface area contributed by atoms with Crippen molar-refractivity contribution < 1.29 is 8.78 Å². The Morgan fingerprint density at radius 2 is 1.81 bits per heavy atom. The molecule has 0 radical (unpaired) electrons. The number of halogens is 3. The molecular formula is C23H27ClF2. The molecule has 26 heavy (non-hydrogen) atoms. The molecule has 2 unspecified atom stereocenters. The molecule has 2 aromatic rings. The first-order valence-electron chi connectivity index (χ1n) is 10.1. The maximum absolute atomic E-state index is 14.8. The van der Waals surface area contributed by atoms with Crippen LogP contribution in [0.15, 0.2) is 24.3 Å². The van der Waals surface area contributed by atoms with E-state index in [1.165, 1.54) is 44.6 Å². The van der Waals surface area contributed by atoms with Crippen molar-refractivity contribution in [1.82, 2.24) is 0 Å². The zero-order valence-corrected chi connectivity index (χ0v) is 16.2. The summed E-state index contributed by atoms with van der Waals surface area (Å²) >= 11 is 6.38. The third kappa shape index (κ3) is 3.26. The van der Waals surface area contributed by atoms with Crippen molar-refractivity contribution in [3.05, 3.63) is 46.5 Å². The molecule has 0 N–H and O–H groups in total. The third-order valence-electron chi connectivity index (χ3n) is 6.88. The Hall–Kier alpha value is -1.15. The van der Waals surface area contributed by atoms with E-state index in [1.807, 2.05) is 6.07 Å². The summed E-state index contributed by atoms with van der Waals surface area (Å²) in [5.41, 5.74) is 0.886. The van der Waals surface area contributed by atoms with Crippen molar-refractivity contribution in [3.63, 3.8) is 0 Å². The average molecular weight is 377 g/mol. The van der Waals surface area contributed by atoms with Gasteiger partial charge in [0.15, 0.2) is 5.82 Å². The molecule has 0 saturated heterocycles. The van der Waals surface area contributed by atoms with Gasteiger partial charge < -0.3 is 0 Å². The molecule has 0 spiro atoms. The molecule has 4 rings (SSSR count). The molecular weight excluding hydrogens is 350 g/mol. The number of rotatable bonds is 3. The predicted octanol–water partition coefficient (Wildman–Crippen LogP) is 7.87. The summed E-state index contributed by atoms with van der Waals surface area (Å²) in [6.45, 7) is 2.28. The lowest BCUT2D eigenvalue weighted by Crippen LogP contribution is -2.30. The summed E-state index contributed by atoms with van der Waals surface area (Å²) in [6, 6.07) is 6.64. The average Bonchev–Trinajstić information content (AvgIpc) is 2.64. The maximum Gasteiger partial charge on any atom is 0.152 e. The lowest BCUT2D eigenvalue weighted by molar-refractivity contribution is 0.114. The molecule has 2 saturated carbocycles. The van der Waals surface area contributed by atoms with Gasteiger partial charge in [-0.3, -0.25) is 0 Å². The fourth-order valence-electron chi connectivity index (χ4n) is 5.60. The second kappa shape index (κ2) is 7.46. The Morgan fingerprint density at radius 1 is 1.04 bits per heavy atom. The molecule has 0 bridgehead atoms. The Labute approximate surface area is 159 Å². The third-order valence-corrected chi connectivity index (χ3v) is 7.27. The zero-order valence-electron chi connectivity index (χ0n) is 15.4. The van der Waals surface area contributed by atoms with Gasteiger partial charge in [0, 0.05) is 0 Å². The van der Waals surface area contributed by atoms with E-state index in [1.54, 1.807) is 12.1 Å². The highest BCUT2D eigenvalue weighted by Crippen LogP contribution is 2.50. The highest BCUT2D eigenvalue weighted by atomic mass is 35.5. The van der Waals surface area contributed by atoms with Gasteiger partial charge in [-0.2, -0.15) is 0 Å². The maximum atomic E-state index is 14.8. The van der Waals surface area contributed by atoms with Gasteiger partial charge in [-0.15, -0.1) is 0 Å². The van der Waals surface area contributed by atoms with E-state index in [-0.39, 0.29) is 10.4 Å². The highest BCUT2D eigenvalue weighted by molar-refractivity contribution is 6.32. The molecule has 140 valence electrons. The van der Waals surface area contributed by atoms with Gasteiger partial charge in [0.1, 0.15) is 5.82 Å². The van der Waals surface area contributed by atoms with Crippen LogP contribution in [0.4, 0.5) is 8.78 Å². The fraction of sp³-hybridized carbons (Fsp3) is 0.565. The highest BCUT2D eigenvalue weighted by Gasteiger charge is 2.36. The van der Waals surface area contributed by atoms with E-state index in [0.717, 1.165) is 36.2 Å². The van der Waals surface area contributed by atoms with Gasteiger partial charge in [0.2, 0.25) is 0 Å². The van der Waals surface area contributed by atoms with Crippen molar-refractivity contribution in [1.29, 1.82) is 0 Å². The van der Waals surface area contributed by atoms with E-state index in [2.05, 4.69) is 6.92 Å². The van der Waals surface area contributed by atoms with Crippen LogP contribution in [0.25, 0.3) is 10.8 Å². The number of benzene rings is 2.